The first kappa shape index (κ1) is 35.8. The van der Waals surface area contributed by atoms with Gasteiger partial charge in [-0.25, -0.2) is 0 Å². The highest BCUT2D eigenvalue weighted by Gasteiger charge is 2.52. The standard InChI is InChI=1S/C22H32N10O12/c1-8(33)40-7-14-16(36)17(37)15(29-32-25)22(43-14)44-20-12(28-31-24)6-11(19(18(20)38)42-10(3)35)27-21(39)13(41-9(2)34)4-5-26-30-23/h11-20,22,36-38H,4-7H2,1-3H3,(H,27,39)/t11-,12?,13+,14?,15?,16-,17-,18?,19-,20-,22-/m1/s1. The number of azide groups is 3. The highest BCUT2D eigenvalue weighted by molar-refractivity contribution is 5.83. The molecule has 44 heavy (non-hydrogen) atoms. The fraction of sp³-hybridized carbons (Fsp3) is 0.818. The van der Waals surface area contributed by atoms with Gasteiger partial charge in [-0.05, 0) is 29.4 Å². The van der Waals surface area contributed by atoms with E-state index in [-0.39, 0.29) is 19.4 Å². The minimum atomic E-state index is -1.87. The molecule has 22 nitrogen and oxygen atoms in total. The van der Waals surface area contributed by atoms with Gasteiger partial charge in [0.1, 0.15) is 31.0 Å². The van der Waals surface area contributed by atoms with Gasteiger partial charge in [0.15, 0.2) is 18.5 Å². The lowest BCUT2D eigenvalue weighted by molar-refractivity contribution is -0.295. The van der Waals surface area contributed by atoms with Gasteiger partial charge in [-0.15, -0.1) is 0 Å². The van der Waals surface area contributed by atoms with Crippen LogP contribution in [0.5, 0.6) is 0 Å². The summed E-state index contributed by atoms with van der Waals surface area (Å²) in [5.74, 6) is -3.36. The van der Waals surface area contributed by atoms with Gasteiger partial charge in [-0.1, -0.05) is 15.3 Å². The number of carbonyl (C=O) groups is 4. The van der Waals surface area contributed by atoms with Crippen molar-refractivity contribution in [3.63, 3.8) is 0 Å². The number of nitrogens with one attached hydrogen (secondary N) is 1. The van der Waals surface area contributed by atoms with Gasteiger partial charge in [0.05, 0.1) is 24.3 Å². The molecule has 1 heterocycles. The number of amides is 1. The minimum absolute atomic E-state index is 0.211. The van der Waals surface area contributed by atoms with Crippen LogP contribution in [0, 0.1) is 0 Å². The molecule has 0 aromatic heterocycles. The SMILES string of the molecule is CC(=O)OCC1O[C@H](O[C@@H]2C(N=[N+]=[N-])C[C@@H](NC(=O)[C@H](CCN=[N+]=[N-])OC(C)=O)[C@@H](OC(C)=O)C2O)C(N=[N+]=[N-])[C@@H](O)[C@@H]1O. The Morgan fingerprint density at radius 2 is 1.61 bits per heavy atom. The average molecular weight is 629 g/mol. The molecule has 4 N–H and O–H groups in total. The van der Waals surface area contributed by atoms with Gasteiger partial charge >= 0.3 is 17.9 Å². The third-order valence-electron chi connectivity index (χ3n) is 6.52. The van der Waals surface area contributed by atoms with Crippen molar-refractivity contribution in [1.82, 2.24) is 5.32 Å². The van der Waals surface area contributed by atoms with Gasteiger partial charge in [-0.3, -0.25) is 19.2 Å². The first-order chi connectivity index (χ1) is 20.8. The predicted molar refractivity (Wildman–Crippen MR) is 140 cm³/mol. The maximum atomic E-state index is 13.0. The van der Waals surface area contributed by atoms with Crippen molar-refractivity contribution in [3.8, 4) is 0 Å². The van der Waals surface area contributed by atoms with E-state index in [1.54, 1.807) is 0 Å². The highest BCUT2D eigenvalue weighted by atomic mass is 16.7. The number of aliphatic hydroxyl groups is 3. The zero-order chi connectivity index (χ0) is 33.0. The number of carbonyl (C=O) groups excluding carboxylic acids is 4. The van der Waals surface area contributed by atoms with Crippen LogP contribution in [0.25, 0.3) is 31.3 Å². The Labute approximate surface area is 248 Å². The summed E-state index contributed by atoms with van der Waals surface area (Å²) in [6, 6.07) is -4.19. The zero-order valence-electron chi connectivity index (χ0n) is 23.7. The maximum absolute atomic E-state index is 13.0. The van der Waals surface area contributed by atoms with Gasteiger partial charge in [0, 0.05) is 42.1 Å². The molecule has 11 atom stereocenters. The van der Waals surface area contributed by atoms with Crippen molar-refractivity contribution in [2.24, 2.45) is 15.3 Å². The Bertz CT molecular complexity index is 1200. The maximum Gasteiger partial charge on any atom is 0.303 e. The van der Waals surface area contributed by atoms with Gasteiger partial charge in [0.2, 0.25) is 0 Å². The van der Waals surface area contributed by atoms with Crippen LogP contribution in [0.4, 0.5) is 0 Å². The summed E-state index contributed by atoms with van der Waals surface area (Å²) in [7, 11) is 0. The van der Waals surface area contributed by atoms with Gasteiger partial charge in [-0.2, -0.15) is 0 Å². The van der Waals surface area contributed by atoms with Crippen molar-refractivity contribution < 1.29 is 58.2 Å². The number of hydrogen-bond acceptors (Lipinski definition) is 15. The normalized spacial score (nSPS) is 31.9. The molecule has 4 unspecified atom stereocenters. The Hall–Kier alpha value is -4.39. The molecule has 0 bridgehead atoms. The van der Waals surface area contributed by atoms with Crippen molar-refractivity contribution in [2.75, 3.05) is 13.2 Å². The number of ether oxygens (including phenoxy) is 5. The number of nitrogens with zero attached hydrogens (tertiary/aromatic N) is 9. The monoisotopic (exact) mass is 628 g/mol. The molecular weight excluding hydrogens is 596 g/mol. The van der Waals surface area contributed by atoms with Gasteiger partial charge in [0.25, 0.3) is 5.91 Å². The molecule has 0 aromatic rings. The lowest BCUT2D eigenvalue weighted by atomic mass is 9.83. The zero-order valence-corrected chi connectivity index (χ0v) is 23.7. The quantitative estimate of drug-likeness (QED) is 0.0662. The van der Waals surface area contributed by atoms with E-state index in [0.717, 1.165) is 20.8 Å². The molecule has 1 saturated heterocycles. The van der Waals surface area contributed by atoms with E-state index in [9.17, 15) is 40.0 Å². The molecule has 2 aliphatic rings. The first-order valence-electron chi connectivity index (χ1n) is 13.1. The number of hydrogen-bond donors (Lipinski definition) is 4. The molecule has 242 valence electrons. The van der Waals surface area contributed by atoms with E-state index in [4.69, 9.17) is 34.7 Å². The lowest BCUT2D eigenvalue weighted by Gasteiger charge is -2.46. The molecule has 22 heteroatoms. The fourth-order valence-electron chi connectivity index (χ4n) is 4.66. The van der Waals surface area contributed by atoms with Crippen LogP contribution < -0.4 is 5.32 Å². The third-order valence-corrected chi connectivity index (χ3v) is 6.52. The van der Waals surface area contributed by atoms with E-state index in [1.807, 2.05) is 0 Å². The smallest absolute Gasteiger partial charge is 0.303 e. The van der Waals surface area contributed by atoms with Crippen molar-refractivity contribution in [3.05, 3.63) is 31.3 Å². The van der Waals surface area contributed by atoms with Crippen LogP contribution in [-0.4, -0.2) is 119 Å². The number of rotatable bonds is 13. The summed E-state index contributed by atoms with van der Waals surface area (Å²) in [6.07, 6.45) is -13.6. The molecule has 0 aromatic carbocycles. The molecular formula is C22H32N10O12. The summed E-state index contributed by atoms with van der Waals surface area (Å²) in [5.41, 5.74) is 26.8. The second-order valence-corrected chi connectivity index (χ2v) is 9.65. The lowest BCUT2D eigenvalue weighted by Crippen LogP contribution is -2.65. The Morgan fingerprint density at radius 3 is 2.18 bits per heavy atom. The van der Waals surface area contributed by atoms with Crippen LogP contribution in [0.3, 0.4) is 0 Å². The summed E-state index contributed by atoms with van der Waals surface area (Å²) in [4.78, 5) is 55.7. The van der Waals surface area contributed by atoms with Crippen LogP contribution >= 0.6 is 0 Å². The second-order valence-electron chi connectivity index (χ2n) is 9.65. The van der Waals surface area contributed by atoms with E-state index < -0.39 is 97.6 Å². The van der Waals surface area contributed by atoms with Crippen LogP contribution in [0.1, 0.15) is 33.6 Å². The number of esters is 3. The Balaban J connectivity index is 2.40. The molecule has 0 spiro atoms. The molecule has 0 radical (unpaired) electrons. The molecule has 1 aliphatic heterocycles. The average Bonchev–Trinajstić information content (AvgIpc) is 2.95. The topological polar surface area (TPSA) is 333 Å². The van der Waals surface area contributed by atoms with E-state index in [2.05, 4.69) is 35.4 Å². The summed E-state index contributed by atoms with van der Waals surface area (Å²) < 4.78 is 26.5. The van der Waals surface area contributed by atoms with Crippen molar-refractivity contribution in [2.45, 2.75) is 101 Å². The van der Waals surface area contributed by atoms with E-state index >= 15 is 0 Å². The largest absolute Gasteiger partial charge is 0.463 e. The summed E-state index contributed by atoms with van der Waals surface area (Å²) in [6.45, 7) is 2.39. The molecule has 2 rings (SSSR count). The van der Waals surface area contributed by atoms with Crippen LogP contribution in [-0.2, 0) is 42.9 Å². The predicted octanol–water partition coefficient (Wildman–Crippen LogP) is -0.448. The van der Waals surface area contributed by atoms with Crippen molar-refractivity contribution in [1.29, 1.82) is 0 Å². The number of aliphatic hydroxyl groups excluding tert-OH is 3. The summed E-state index contributed by atoms with van der Waals surface area (Å²) in [5, 5.41) is 45.1. The Morgan fingerprint density at radius 1 is 0.932 bits per heavy atom. The van der Waals surface area contributed by atoms with E-state index in [0.29, 0.717) is 0 Å². The van der Waals surface area contributed by atoms with Crippen LogP contribution in [0.15, 0.2) is 15.3 Å². The Kier molecular flexibility index (Phi) is 13.9. The first-order valence-corrected chi connectivity index (χ1v) is 13.1. The molecule has 2 fully saturated rings. The fourth-order valence-corrected chi connectivity index (χ4v) is 4.66. The molecule has 1 saturated carbocycles. The molecule has 1 aliphatic carbocycles. The van der Waals surface area contributed by atoms with Crippen molar-refractivity contribution >= 4 is 23.8 Å². The van der Waals surface area contributed by atoms with Gasteiger partial charge < -0.3 is 44.3 Å². The minimum Gasteiger partial charge on any atom is -0.463 e. The van der Waals surface area contributed by atoms with E-state index in [1.165, 1.54) is 0 Å². The second kappa shape index (κ2) is 17.0. The third kappa shape index (κ3) is 9.83. The molecule has 1 amide bonds. The van der Waals surface area contributed by atoms with Crippen LogP contribution in [0.2, 0.25) is 0 Å². The summed E-state index contributed by atoms with van der Waals surface area (Å²) >= 11 is 0. The highest BCUT2D eigenvalue weighted by Crippen LogP contribution is 2.33.